The summed E-state index contributed by atoms with van der Waals surface area (Å²) in [5.41, 5.74) is 5.84. The van der Waals surface area contributed by atoms with Crippen molar-refractivity contribution in [2.24, 2.45) is 5.73 Å². The van der Waals surface area contributed by atoms with Gasteiger partial charge in [0.25, 0.3) is 0 Å². The van der Waals surface area contributed by atoms with Gasteiger partial charge in [-0.3, -0.25) is 0 Å². The molecule has 0 aliphatic carbocycles. The van der Waals surface area contributed by atoms with Crippen molar-refractivity contribution in [1.82, 2.24) is 0 Å². The van der Waals surface area contributed by atoms with Crippen molar-refractivity contribution in [2.45, 2.75) is 32.0 Å². The molecule has 0 unspecified atom stereocenters. The molecule has 1 atom stereocenters. The number of rotatable bonds is 3. The summed E-state index contributed by atoms with van der Waals surface area (Å²) in [7, 11) is 0. The molecule has 0 heterocycles. The Balaban J connectivity index is 2.65. The average Bonchev–Trinajstić information content (AvgIpc) is 2.14. The van der Waals surface area contributed by atoms with E-state index in [4.69, 9.17) is 5.73 Å². The maximum Gasteiger partial charge on any atom is 0.416 e. The third-order valence-corrected chi connectivity index (χ3v) is 2.17. The number of hydrogen-bond donors (Lipinski definition) is 1. The maximum absolute atomic E-state index is 12.2. The van der Waals surface area contributed by atoms with E-state index in [1.54, 1.807) is 0 Å². The lowest BCUT2D eigenvalue weighted by Gasteiger charge is -2.08. The van der Waals surface area contributed by atoms with E-state index >= 15 is 0 Å². The van der Waals surface area contributed by atoms with Crippen LogP contribution in [0.1, 0.15) is 24.5 Å². The summed E-state index contributed by atoms with van der Waals surface area (Å²) in [6, 6.07) is 5.30. The fourth-order valence-electron chi connectivity index (χ4n) is 1.25. The average molecular weight is 217 g/mol. The number of aryl methyl sites for hydroxylation is 1. The first-order valence-corrected chi connectivity index (χ1v) is 4.81. The molecule has 0 saturated heterocycles. The predicted octanol–water partition coefficient (Wildman–Crippen LogP) is 2.99. The van der Waals surface area contributed by atoms with Gasteiger partial charge in [-0.05, 0) is 37.5 Å². The summed E-state index contributed by atoms with van der Waals surface area (Å²) in [6.07, 6.45) is -2.75. The molecule has 4 heteroatoms. The summed E-state index contributed by atoms with van der Waals surface area (Å²) in [6.45, 7) is 1.88. The van der Waals surface area contributed by atoms with E-state index in [1.165, 1.54) is 12.1 Å². The van der Waals surface area contributed by atoms with Crippen LogP contribution in [0, 0.1) is 0 Å². The van der Waals surface area contributed by atoms with Crippen molar-refractivity contribution in [3.63, 3.8) is 0 Å². The van der Waals surface area contributed by atoms with Crippen molar-refractivity contribution < 1.29 is 13.2 Å². The van der Waals surface area contributed by atoms with Crippen LogP contribution in [0.15, 0.2) is 24.3 Å². The molecule has 84 valence electrons. The van der Waals surface area contributed by atoms with Crippen LogP contribution in [0.5, 0.6) is 0 Å². The number of benzene rings is 1. The number of halogens is 3. The van der Waals surface area contributed by atoms with Crippen molar-refractivity contribution in [2.75, 3.05) is 0 Å². The van der Waals surface area contributed by atoms with Crippen molar-refractivity contribution in [3.05, 3.63) is 35.4 Å². The minimum Gasteiger partial charge on any atom is -0.328 e. The van der Waals surface area contributed by atoms with Crippen LogP contribution in [0.2, 0.25) is 0 Å². The van der Waals surface area contributed by atoms with E-state index in [0.717, 1.165) is 30.5 Å². The first kappa shape index (κ1) is 12.0. The van der Waals surface area contributed by atoms with Crippen LogP contribution in [-0.2, 0) is 12.6 Å². The second-order valence-electron chi connectivity index (χ2n) is 3.71. The molecule has 0 aliphatic rings. The van der Waals surface area contributed by atoms with Crippen LogP contribution >= 0.6 is 0 Å². The largest absolute Gasteiger partial charge is 0.416 e. The zero-order valence-electron chi connectivity index (χ0n) is 8.51. The van der Waals surface area contributed by atoms with Gasteiger partial charge in [-0.25, -0.2) is 0 Å². The highest BCUT2D eigenvalue weighted by molar-refractivity contribution is 5.24. The lowest BCUT2D eigenvalue weighted by molar-refractivity contribution is -0.137. The molecule has 0 aliphatic heterocycles. The number of nitrogens with two attached hydrogens (primary N) is 1. The van der Waals surface area contributed by atoms with Crippen LogP contribution in [0.25, 0.3) is 0 Å². The van der Waals surface area contributed by atoms with E-state index in [0.29, 0.717) is 0 Å². The Morgan fingerprint density at radius 3 is 2.13 bits per heavy atom. The molecule has 1 nitrogen and oxygen atoms in total. The Labute approximate surface area is 87.1 Å². The fraction of sp³-hybridized carbons (Fsp3) is 0.455. The molecule has 0 fully saturated rings. The first-order valence-electron chi connectivity index (χ1n) is 4.81. The molecule has 1 aromatic carbocycles. The van der Waals surface area contributed by atoms with Crippen molar-refractivity contribution >= 4 is 0 Å². The van der Waals surface area contributed by atoms with Gasteiger partial charge in [-0.1, -0.05) is 12.1 Å². The Kier molecular flexibility index (Phi) is 3.74. The highest BCUT2D eigenvalue weighted by Crippen LogP contribution is 2.29. The van der Waals surface area contributed by atoms with E-state index in [9.17, 15) is 13.2 Å². The van der Waals surface area contributed by atoms with Crippen LogP contribution in [0.3, 0.4) is 0 Å². The summed E-state index contributed by atoms with van der Waals surface area (Å²) >= 11 is 0. The minimum atomic E-state index is -4.25. The third-order valence-electron chi connectivity index (χ3n) is 2.17. The molecule has 1 aromatic rings. The topological polar surface area (TPSA) is 26.0 Å². The van der Waals surface area contributed by atoms with Crippen molar-refractivity contribution in [3.8, 4) is 0 Å². The Morgan fingerprint density at radius 1 is 1.20 bits per heavy atom. The first-order chi connectivity index (χ1) is 6.89. The molecule has 0 spiro atoms. The predicted molar refractivity (Wildman–Crippen MR) is 53.4 cm³/mol. The van der Waals surface area contributed by atoms with E-state index < -0.39 is 11.7 Å². The standard InChI is InChI=1S/C11H14F3N/c1-8(15)2-3-9-4-6-10(7-5-9)11(12,13)14/h4-8H,2-3,15H2,1H3/t8-/m1/s1. The van der Waals surface area contributed by atoms with Crippen LogP contribution in [-0.4, -0.2) is 6.04 Å². The summed E-state index contributed by atoms with van der Waals surface area (Å²) in [4.78, 5) is 0. The zero-order valence-corrected chi connectivity index (χ0v) is 8.51. The Bertz CT molecular complexity index is 301. The molecule has 0 aromatic heterocycles. The summed E-state index contributed by atoms with van der Waals surface area (Å²) < 4.78 is 36.6. The Morgan fingerprint density at radius 2 is 1.73 bits per heavy atom. The zero-order chi connectivity index (χ0) is 11.5. The van der Waals surface area contributed by atoms with Gasteiger partial charge >= 0.3 is 6.18 Å². The van der Waals surface area contributed by atoms with Gasteiger partial charge in [0.05, 0.1) is 5.56 Å². The van der Waals surface area contributed by atoms with Gasteiger partial charge in [0, 0.05) is 6.04 Å². The van der Waals surface area contributed by atoms with Gasteiger partial charge in [0.1, 0.15) is 0 Å². The van der Waals surface area contributed by atoms with Gasteiger partial charge < -0.3 is 5.73 Å². The van der Waals surface area contributed by atoms with Gasteiger partial charge in [0.15, 0.2) is 0 Å². The van der Waals surface area contributed by atoms with Crippen LogP contribution < -0.4 is 5.73 Å². The molecular weight excluding hydrogens is 203 g/mol. The fourth-order valence-corrected chi connectivity index (χ4v) is 1.25. The quantitative estimate of drug-likeness (QED) is 0.827. The van der Waals surface area contributed by atoms with Crippen LogP contribution in [0.4, 0.5) is 13.2 Å². The third kappa shape index (κ3) is 3.91. The summed E-state index contributed by atoms with van der Waals surface area (Å²) in [5.74, 6) is 0. The SMILES string of the molecule is C[C@@H](N)CCc1ccc(C(F)(F)F)cc1. The molecule has 0 amide bonds. The lowest BCUT2D eigenvalue weighted by atomic mass is 10.0. The minimum absolute atomic E-state index is 0.0762. The van der Waals surface area contributed by atoms with Gasteiger partial charge in [0.2, 0.25) is 0 Å². The maximum atomic E-state index is 12.2. The molecule has 0 radical (unpaired) electrons. The molecular formula is C11H14F3N. The highest BCUT2D eigenvalue weighted by Gasteiger charge is 2.29. The van der Waals surface area contributed by atoms with E-state index in [1.807, 2.05) is 6.92 Å². The van der Waals surface area contributed by atoms with Crippen molar-refractivity contribution in [1.29, 1.82) is 0 Å². The van der Waals surface area contributed by atoms with E-state index in [2.05, 4.69) is 0 Å². The molecule has 1 rings (SSSR count). The highest BCUT2D eigenvalue weighted by atomic mass is 19.4. The number of alkyl halides is 3. The molecule has 2 N–H and O–H groups in total. The molecule has 15 heavy (non-hydrogen) atoms. The number of hydrogen-bond acceptors (Lipinski definition) is 1. The summed E-state index contributed by atoms with van der Waals surface area (Å²) in [5, 5.41) is 0. The second kappa shape index (κ2) is 4.66. The van der Waals surface area contributed by atoms with E-state index in [-0.39, 0.29) is 6.04 Å². The molecule has 0 bridgehead atoms. The van der Waals surface area contributed by atoms with Gasteiger partial charge in [-0.15, -0.1) is 0 Å². The Hall–Kier alpha value is -1.03. The lowest BCUT2D eigenvalue weighted by Crippen LogP contribution is -2.15. The van der Waals surface area contributed by atoms with Gasteiger partial charge in [-0.2, -0.15) is 13.2 Å². The normalized spacial score (nSPS) is 13.9. The monoisotopic (exact) mass is 217 g/mol. The second-order valence-corrected chi connectivity index (χ2v) is 3.71. The smallest absolute Gasteiger partial charge is 0.328 e. The molecule has 0 saturated carbocycles.